The van der Waals surface area contributed by atoms with Crippen LogP contribution < -0.4 is 10.6 Å². The van der Waals surface area contributed by atoms with Gasteiger partial charge in [0.1, 0.15) is 0 Å². The number of hydrogen-bond donors (Lipinski definition) is 2. The van der Waals surface area contributed by atoms with Crippen LogP contribution in [-0.2, 0) is 0 Å². The van der Waals surface area contributed by atoms with Gasteiger partial charge in [-0.15, -0.1) is 0 Å². The second kappa shape index (κ2) is 5.80. The standard InChI is InChI=1S/C15H25N3O/c1-15(2,19)6-7-17-8-10-18(11-9-17)14-5-3-4-13(16)12-14/h3-5,12,19H,6-11,16H2,1-2H3. The van der Waals surface area contributed by atoms with E-state index in [0.717, 1.165) is 44.8 Å². The summed E-state index contributed by atoms with van der Waals surface area (Å²) in [5.41, 5.74) is 7.29. The molecule has 0 saturated carbocycles. The molecule has 1 aliphatic heterocycles. The van der Waals surface area contributed by atoms with E-state index in [0.29, 0.717) is 0 Å². The number of aliphatic hydroxyl groups is 1. The van der Waals surface area contributed by atoms with Crippen LogP contribution in [0.1, 0.15) is 20.3 Å². The van der Waals surface area contributed by atoms with Crippen molar-refractivity contribution < 1.29 is 5.11 Å². The molecule has 0 amide bonds. The largest absolute Gasteiger partial charge is 0.399 e. The van der Waals surface area contributed by atoms with Gasteiger partial charge in [-0.3, -0.25) is 4.90 Å². The number of nitrogens with zero attached hydrogens (tertiary/aromatic N) is 2. The van der Waals surface area contributed by atoms with Gasteiger partial charge < -0.3 is 15.7 Å². The van der Waals surface area contributed by atoms with Gasteiger partial charge in [-0.1, -0.05) is 6.07 Å². The minimum atomic E-state index is -0.564. The molecule has 1 fully saturated rings. The van der Waals surface area contributed by atoms with Crippen molar-refractivity contribution in [1.29, 1.82) is 0 Å². The summed E-state index contributed by atoms with van der Waals surface area (Å²) in [4.78, 5) is 4.79. The highest BCUT2D eigenvalue weighted by Gasteiger charge is 2.20. The molecule has 4 heteroatoms. The van der Waals surface area contributed by atoms with Crippen molar-refractivity contribution in [1.82, 2.24) is 4.90 Å². The van der Waals surface area contributed by atoms with Crippen molar-refractivity contribution in [3.05, 3.63) is 24.3 Å². The van der Waals surface area contributed by atoms with E-state index in [1.807, 2.05) is 32.0 Å². The van der Waals surface area contributed by atoms with Crippen molar-refractivity contribution in [3.8, 4) is 0 Å². The second-order valence-corrected chi connectivity index (χ2v) is 5.99. The summed E-state index contributed by atoms with van der Waals surface area (Å²) in [6.07, 6.45) is 0.825. The third kappa shape index (κ3) is 4.40. The minimum absolute atomic E-state index is 0.564. The lowest BCUT2D eigenvalue weighted by Crippen LogP contribution is -2.47. The molecule has 0 aliphatic carbocycles. The first-order chi connectivity index (χ1) is 8.94. The lowest BCUT2D eigenvalue weighted by Gasteiger charge is -2.37. The number of nitrogens with two attached hydrogens (primary N) is 1. The lowest BCUT2D eigenvalue weighted by molar-refractivity contribution is 0.0569. The molecule has 0 unspecified atom stereocenters. The van der Waals surface area contributed by atoms with Crippen LogP contribution in [-0.4, -0.2) is 48.3 Å². The van der Waals surface area contributed by atoms with Gasteiger partial charge in [0.05, 0.1) is 5.60 Å². The highest BCUT2D eigenvalue weighted by molar-refractivity contribution is 5.56. The van der Waals surface area contributed by atoms with Gasteiger partial charge in [0.15, 0.2) is 0 Å². The first kappa shape index (κ1) is 14.2. The molecular formula is C15H25N3O. The summed E-state index contributed by atoms with van der Waals surface area (Å²) >= 11 is 0. The monoisotopic (exact) mass is 263 g/mol. The Bertz CT molecular complexity index is 406. The van der Waals surface area contributed by atoms with E-state index in [9.17, 15) is 5.11 Å². The maximum atomic E-state index is 9.76. The molecule has 1 aromatic rings. The molecule has 19 heavy (non-hydrogen) atoms. The van der Waals surface area contributed by atoms with Crippen LogP contribution >= 0.6 is 0 Å². The molecule has 4 nitrogen and oxygen atoms in total. The van der Waals surface area contributed by atoms with Crippen molar-refractivity contribution in [2.75, 3.05) is 43.4 Å². The van der Waals surface area contributed by atoms with Crippen molar-refractivity contribution >= 4 is 11.4 Å². The molecular weight excluding hydrogens is 238 g/mol. The molecule has 0 radical (unpaired) electrons. The van der Waals surface area contributed by atoms with Gasteiger partial charge in [-0.05, 0) is 38.5 Å². The fourth-order valence-corrected chi connectivity index (χ4v) is 2.38. The lowest BCUT2D eigenvalue weighted by atomic mass is 10.1. The maximum absolute atomic E-state index is 9.76. The van der Waals surface area contributed by atoms with Gasteiger partial charge >= 0.3 is 0 Å². The van der Waals surface area contributed by atoms with Crippen LogP contribution in [0.4, 0.5) is 11.4 Å². The van der Waals surface area contributed by atoms with E-state index in [-0.39, 0.29) is 0 Å². The van der Waals surface area contributed by atoms with Gasteiger partial charge in [-0.25, -0.2) is 0 Å². The van der Waals surface area contributed by atoms with Gasteiger partial charge in [0.2, 0.25) is 0 Å². The maximum Gasteiger partial charge on any atom is 0.0603 e. The SMILES string of the molecule is CC(C)(O)CCN1CCN(c2cccc(N)c2)CC1. The Balaban J connectivity index is 1.82. The number of hydrogen-bond acceptors (Lipinski definition) is 4. The van der Waals surface area contributed by atoms with Crippen LogP contribution in [0.15, 0.2) is 24.3 Å². The van der Waals surface area contributed by atoms with E-state index in [4.69, 9.17) is 5.73 Å². The molecule has 1 aliphatic rings. The Morgan fingerprint density at radius 1 is 1.21 bits per heavy atom. The molecule has 1 aromatic carbocycles. The Kier molecular flexibility index (Phi) is 4.32. The Morgan fingerprint density at radius 2 is 1.89 bits per heavy atom. The predicted octanol–water partition coefficient (Wildman–Crippen LogP) is 1.55. The number of piperazine rings is 1. The van der Waals surface area contributed by atoms with Gasteiger partial charge in [0.25, 0.3) is 0 Å². The third-order valence-electron chi connectivity index (χ3n) is 3.65. The topological polar surface area (TPSA) is 52.7 Å². The average Bonchev–Trinajstić information content (AvgIpc) is 2.36. The van der Waals surface area contributed by atoms with Gasteiger partial charge in [0, 0.05) is 44.1 Å². The zero-order valence-electron chi connectivity index (χ0n) is 12.0. The fraction of sp³-hybridized carbons (Fsp3) is 0.600. The van der Waals surface area contributed by atoms with Crippen LogP contribution in [0.3, 0.4) is 0 Å². The van der Waals surface area contributed by atoms with E-state index in [1.165, 1.54) is 5.69 Å². The Hall–Kier alpha value is -1.26. The summed E-state index contributed by atoms with van der Waals surface area (Å²) in [6.45, 7) is 8.85. The molecule has 0 atom stereocenters. The zero-order chi connectivity index (χ0) is 13.9. The molecule has 2 rings (SSSR count). The van der Waals surface area contributed by atoms with E-state index in [1.54, 1.807) is 0 Å². The highest BCUT2D eigenvalue weighted by atomic mass is 16.3. The van der Waals surface area contributed by atoms with Gasteiger partial charge in [-0.2, -0.15) is 0 Å². The van der Waals surface area contributed by atoms with Crippen LogP contribution in [0, 0.1) is 0 Å². The summed E-state index contributed by atoms with van der Waals surface area (Å²) < 4.78 is 0. The Labute approximate surface area is 115 Å². The first-order valence-electron chi connectivity index (χ1n) is 6.99. The molecule has 0 spiro atoms. The highest BCUT2D eigenvalue weighted by Crippen LogP contribution is 2.19. The van der Waals surface area contributed by atoms with Crippen molar-refractivity contribution in [2.24, 2.45) is 0 Å². The van der Waals surface area contributed by atoms with Crippen molar-refractivity contribution in [2.45, 2.75) is 25.9 Å². The normalized spacial score (nSPS) is 17.7. The molecule has 0 bridgehead atoms. The van der Waals surface area contributed by atoms with Crippen LogP contribution in [0.2, 0.25) is 0 Å². The fourth-order valence-electron chi connectivity index (χ4n) is 2.38. The third-order valence-corrected chi connectivity index (χ3v) is 3.65. The van der Waals surface area contributed by atoms with E-state index in [2.05, 4.69) is 15.9 Å². The molecule has 106 valence electrons. The summed E-state index contributed by atoms with van der Waals surface area (Å²) in [7, 11) is 0. The quantitative estimate of drug-likeness (QED) is 0.809. The molecule has 3 N–H and O–H groups in total. The predicted molar refractivity (Wildman–Crippen MR) is 80.4 cm³/mol. The number of rotatable bonds is 4. The number of benzene rings is 1. The summed E-state index contributed by atoms with van der Waals surface area (Å²) in [6, 6.07) is 8.07. The van der Waals surface area contributed by atoms with E-state index >= 15 is 0 Å². The Morgan fingerprint density at radius 3 is 2.47 bits per heavy atom. The van der Waals surface area contributed by atoms with Crippen LogP contribution in [0.25, 0.3) is 0 Å². The van der Waals surface area contributed by atoms with Crippen LogP contribution in [0.5, 0.6) is 0 Å². The second-order valence-electron chi connectivity index (χ2n) is 5.99. The summed E-state index contributed by atoms with van der Waals surface area (Å²) in [5, 5.41) is 9.76. The zero-order valence-corrected chi connectivity index (χ0v) is 12.0. The average molecular weight is 263 g/mol. The van der Waals surface area contributed by atoms with E-state index < -0.39 is 5.60 Å². The minimum Gasteiger partial charge on any atom is -0.399 e. The summed E-state index contributed by atoms with van der Waals surface area (Å²) in [5.74, 6) is 0. The molecule has 1 heterocycles. The number of anilines is 2. The smallest absolute Gasteiger partial charge is 0.0603 e. The van der Waals surface area contributed by atoms with Crippen molar-refractivity contribution in [3.63, 3.8) is 0 Å². The first-order valence-corrected chi connectivity index (χ1v) is 6.99. The molecule has 1 saturated heterocycles. The number of nitrogen functional groups attached to an aromatic ring is 1. The molecule has 0 aromatic heterocycles.